The maximum absolute atomic E-state index is 7.66. The quantitative estimate of drug-likeness (QED) is 0.251. The van der Waals surface area contributed by atoms with Crippen LogP contribution in [-0.2, 0) is 18.0 Å². The monoisotopic (exact) mass is 406 g/mol. The van der Waals surface area contributed by atoms with Gasteiger partial charge in [0, 0.05) is 17.8 Å². The van der Waals surface area contributed by atoms with E-state index in [1.807, 2.05) is 87.5 Å². The fourth-order valence-electron chi connectivity index (χ4n) is 2.54. The number of rotatable bonds is 10. The van der Waals surface area contributed by atoms with E-state index < -0.39 is 0 Å². The number of benzene rings is 2. The van der Waals surface area contributed by atoms with E-state index in [1.54, 1.807) is 13.8 Å². The zero-order valence-corrected chi connectivity index (χ0v) is 18.8. The molecule has 4 nitrogen and oxygen atoms in total. The third-order valence-electron chi connectivity index (χ3n) is 4.19. The number of ether oxygens (including phenoxy) is 2. The smallest absolute Gasteiger partial charge is 0.119 e. The van der Waals surface area contributed by atoms with Crippen LogP contribution in [0.1, 0.15) is 57.7 Å². The highest BCUT2D eigenvalue weighted by atomic mass is 16.5. The van der Waals surface area contributed by atoms with Gasteiger partial charge in [-0.3, -0.25) is 0 Å². The Kier molecular flexibility index (Phi) is 11.6. The molecule has 0 atom stereocenters. The van der Waals surface area contributed by atoms with Crippen molar-refractivity contribution in [2.45, 2.75) is 54.3 Å². The molecule has 0 aromatic heterocycles. The fraction of sp³-hybridized carbons (Fsp3) is 0.308. The third kappa shape index (κ3) is 8.91. The van der Waals surface area contributed by atoms with E-state index in [2.05, 4.69) is 0 Å². The maximum atomic E-state index is 7.66. The Hall–Kier alpha value is -3.14. The molecule has 160 valence electrons. The van der Waals surface area contributed by atoms with E-state index in [9.17, 15) is 0 Å². The molecule has 0 saturated carbocycles. The van der Waals surface area contributed by atoms with Crippen LogP contribution in [0.2, 0.25) is 0 Å². The summed E-state index contributed by atoms with van der Waals surface area (Å²) in [6.07, 6.45) is 6.39. The largest absolute Gasteiger partial charge is 0.489 e. The minimum atomic E-state index is 0.455. The summed E-state index contributed by atoms with van der Waals surface area (Å²) in [6.45, 7) is 10.4. The van der Waals surface area contributed by atoms with E-state index in [-0.39, 0.29) is 0 Å². The molecule has 0 spiro atoms. The summed E-state index contributed by atoms with van der Waals surface area (Å²) in [7, 11) is 0. The number of allylic oxidation sites excluding steroid dienone is 3. The lowest BCUT2D eigenvalue weighted by atomic mass is 10.1. The number of hydrogen-bond donors (Lipinski definition) is 2. The molecule has 2 aromatic carbocycles. The van der Waals surface area contributed by atoms with Crippen LogP contribution in [0.15, 0.2) is 72.5 Å². The van der Waals surface area contributed by atoms with Crippen LogP contribution in [0.25, 0.3) is 0 Å². The molecule has 2 aromatic rings. The van der Waals surface area contributed by atoms with Crippen molar-refractivity contribution < 1.29 is 9.47 Å². The van der Waals surface area contributed by atoms with Gasteiger partial charge in [0.15, 0.2) is 0 Å². The second kappa shape index (κ2) is 13.9. The van der Waals surface area contributed by atoms with Gasteiger partial charge in [0.2, 0.25) is 0 Å². The Morgan fingerprint density at radius 2 is 1.50 bits per heavy atom. The number of hydrogen-bond acceptors (Lipinski definition) is 4. The van der Waals surface area contributed by atoms with Crippen molar-refractivity contribution in [2.24, 2.45) is 0 Å². The summed E-state index contributed by atoms with van der Waals surface area (Å²) < 4.78 is 11.8. The lowest BCUT2D eigenvalue weighted by Crippen LogP contribution is -2.02. The highest BCUT2D eigenvalue weighted by Crippen LogP contribution is 2.18. The van der Waals surface area contributed by atoms with Gasteiger partial charge in [-0.1, -0.05) is 44.2 Å². The molecule has 0 unspecified atom stereocenters. The van der Waals surface area contributed by atoms with Gasteiger partial charge in [0.25, 0.3) is 0 Å². The minimum Gasteiger partial charge on any atom is -0.489 e. The third-order valence-corrected chi connectivity index (χ3v) is 4.19. The highest BCUT2D eigenvalue weighted by Gasteiger charge is 2.05. The minimum absolute atomic E-state index is 0.455. The van der Waals surface area contributed by atoms with Gasteiger partial charge in [-0.15, -0.1) is 0 Å². The average Bonchev–Trinajstić information content (AvgIpc) is 2.76. The molecule has 30 heavy (non-hydrogen) atoms. The molecule has 4 heteroatoms. The standard InChI is InChI=1S/C24H28N2O2.C2H6/c1-4-23(11-7-8-18(2)25)27-16-21-9-5-6-10-22(21)17-28-24-14-12-20(13-15-24)19(3)26;1-2/h4-7,9-15,25-26H,8,16-17H2,1-3H3;1-2H3/b11-7-,23-4+,25-18?,26-19?;. The molecule has 0 fully saturated rings. The van der Waals surface area contributed by atoms with E-state index in [1.165, 1.54) is 0 Å². The molecule has 2 rings (SSSR count). The zero-order chi connectivity index (χ0) is 22.4. The van der Waals surface area contributed by atoms with Gasteiger partial charge < -0.3 is 20.3 Å². The molecule has 0 bridgehead atoms. The Balaban J connectivity index is 0.00000218. The SMILES string of the molecule is C/C=C(\C=C/CC(C)=N)OCc1ccccc1COc1ccc(C(C)=N)cc1.CC. The van der Waals surface area contributed by atoms with Crippen molar-refractivity contribution in [1.29, 1.82) is 10.8 Å². The Bertz CT molecular complexity index is 865. The van der Waals surface area contributed by atoms with Gasteiger partial charge >= 0.3 is 0 Å². The second-order valence-electron chi connectivity index (χ2n) is 6.57. The highest BCUT2D eigenvalue weighted by molar-refractivity contribution is 5.96. The van der Waals surface area contributed by atoms with Crippen LogP contribution in [0.5, 0.6) is 5.75 Å². The predicted molar refractivity (Wildman–Crippen MR) is 127 cm³/mol. The first-order chi connectivity index (χ1) is 14.5. The van der Waals surface area contributed by atoms with Crippen molar-refractivity contribution in [3.05, 3.63) is 89.2 Å². The summed E-state index contributed by atoms with van der Waals surface area (Å²) in [6, 6.07) is 15.6. The first-order valence-electron chi connectivity index (χ1n) is 10.3. The summed E-state index contributed by atoms with van der Waals surface area (Å²) >= 11 is 0. The summed E-state index contributed by atoms with van der Waals surface area (Å²) in [5, 5.41) is 15.1. The van der Waals surface area contributed by atoms with Gasteiger partial charge in [0.05, 0.1) is 0 Å². The van der Waals surface area contributed by atoms with Gasteiger partial charge in [-0.05, 0) is 73.9 Å². The molecule has 0 aliphatic heterocycles. The van der Waals surface area contributed by atoms with Gasteiger partial charge in [-0.25, -0.2) is 0 Å². The van der Waals surface area contributed by atoms with Crippen LogP contribution in [0, 0.1) is 10.8 Å². The van der Waals surface area contributed by atoms with E-state index in [0.717, 1.165) is 28.2 Å². The molecule has 0 amide bonds. The maximum Gasteiger partial charge on any atom is 0.119 e. The Morgan fingerprint density at radius 3 is 2.03 bits per heavy atom. The molecule has 0 saturated heterocycles. The van der Waals surface area contributed by atoms with Crippen molar-refractivity contribution in [3.8, 4) is 5.75 Å². The summed E-state index contributed by atoms with van der Waals surface area (Å²) in [5.74, 6) is 1.56. The second-order valence-corrected chi connectivity index (χ2v) is 6.57. The van der Waals surface area contributed by atoms with Gasteiger partial charge in [-0.2, -0.15) is 0 Å². The normalized spacial score (nSPS) is 10.9. The van der Waals surface area contributed by atoms with Crippen molar-refractivity contribution in [1.82, 2.24) is 0 Å². The Labute approximate surface area is 181 Å². The molecule has 0 aliphatic carbocycles. The predicted octanol–water partition coefficient (Wildman–Crippen LogP) is 7.09. The van der Waals surface area contributed by atoms with Crippen molar-refractivity contribution in [2.75, 3.05) is 0 Å². The molecule has 0 heterocycles. The van der Waals surface area contributed by atoms with Crippen LogP contribution in [0.4, 0.5) is 0 Å². The lowest BCUT2D eigenvalue weighted by Gasteiger charge is -2.13. The zero-order valence-electron chi connectivity index (χ0n) is 18.8. The molecule has 0 aliphatic rings. The van der Waals surface area contributed by atoms with Gasteiger partial charge in [0.1, 0.15) is 24.7 Å². The topological polar surface area (TPSA) is 66.2 Å². The Morgan fingerprint density at radius 1 is 0.900 bits per heavy atom. The van der Waals surface area contributed by atoms with E-state index in [4.69, 9.17) is 20.3 Å². The lowest BCUT2D eigenvalue weighted by molar-refractivity contribution is 0.207. The van der Waals surface area contributed by atoms with Crippen LogP contribution < -0.4 is 4.74 Å². The molecular formula is C26H34N2O2. The summed E-state index contributed by atoms with van der Waals surface area (Å²) in [5.41, 5.74) is 4.21. The number of nitrogens with one attached hydrogen (secondary N) is 2. The molecule has 0 radical (unpaired) electrons. The van der Waals surface area contributed by atoms with Crippen LogP contribution in [0.3, 0.4) is 0 Å². The first-order valence-corrected chi connectivity index (χ1v) is 10.3. The first kappa shape index (κ1) is 24.9. The van der Waals surface area contributed by atoms with E-state index >= 15 is 0 Å². The van der Waals surface area contributed by atoms with E-state index in [0.29, 0.717) is 31.1 Å². The molecular weight excluding hydrogens is 372 g/mol. The van der Waals surface area contributed by atoms with Crippen LogP contribution in [-0.4, -0.2) is 11.4 Å². The average molecular weight is 407 g/mol. The fourth-order valence-corrected chi connectivity index (χ4v) is 2.54. The summed E-state index contributed by atoms with van der Waals surface area (Å²) in [4.78, 5) is 0. The van der Waals surface area contributed by atoms with Crippen molar-refractivity contribution in [3.63, 3.8) is 0 Å². The van der Waals surface area contributed by atoms with Crippen molar-refractivity contribution >= 4 is 11.4 Å². The molecule has 2 N–H and O–H groups in total. The van der Waals surface area contributed by atoms with Crippen LogP contribution >= 0.6 is 0 Å².